The van der Waals surface area contributed by atoms with E-state index in [1.54, 1.807) is 0 Å². The molecule has 2 rings (SSSR count). The maximum atomic E-state index is 11.9. The van der Waals surface area contributed by atoms with Gasteiger partial charge in [0.2, 0.25) is 0 Å². The van der Waals surface area contributed by atoms with Gasteiger partial charge in [-0.15, -0.1) is 24.0 Å². The summed E-state index contributed by atoms with van der Waals surface area (Å²) in [4.78, 5) is 16.6. The van der Waals surface area contributed by atoms with E-state index in [4.69, 9.17) is 9.47 Å². The van der Waals surface area contributed by atoms with Gasteiger partial charge in [-0.05, 0) is 57.0 Å². The zero-order chi connectivity index (χ0) is 23.2. The predicted molar refractivity (Wildman–Crippen MR) is 145 cm³/mol. The second-order valence-corrected chi connectivity index (χ2v) is 7.26. The molecular weight excluding hydrogens is 531 g/mol. The van der Waals surface area contributed by atoms with Crippen molar-refractivity contribution in [3.8, 4) is 5.75 Å². The van der Waals surface area contributed by atoms with E-state index in [1.165, 1.54) is 0 Å². The first-order chi connectivity index (χ1) is 15.6. The molecule has 0 aliphatic carbocycles. The van der Waals surface area contributed by atoms with Crippen LogP contribution < -0.4 is 20.7 Å². The largest absolute Gasteiger partial charge is 0.491 e. The van der Waals surface area contributed by atoms with Crippen molar-refractivity contribution in [1.82, 2.24) is 16.0 Å². The molecule has 0 radical (unpaired) electrons. The highest BCUT2D eigenvalue weighted by Gasteiger charge is 2.07. The summed E-state index contributed by atoms with van der Waals surface area (Å²) in [6.45, 7) is 12.2. The third kappa shape index (κ3) is 10.4. The predicted octanol–water partition coefficient (Wildman–Crippen LogP) is 4.03. The van der Waals surface area contributed by atoms with Gasteiger partial charge in [-0.2, -0.15) is 0 Å². The zero-order valence-electron chi connectivity index (χ0n) is 20.1. The fraction of sp³-hybridized carbons (Fsp3) is 0.440. The summed E-state index contributed by atoms with van der Waals surface area (Å²) in [5.41, 5.74) is 3.90. The molecule has 0 aromatic heterocycles. The minimum atomic E-state index is -0.0602. The van der Waals surface area contributed by atoms with E-state index in [2.05, 4.69) is 40.0 Å². The molecule has 0 heterocycles. The molecule has 0 aliphatic rings. The first-order valence-corrected chi connectivity index (χ1v) is 11.3. The van der Waals surface area contributed by atoms with Crippen LogP contribution in [-0.2, 0) is 17.8 Å². The SMILES string of the molecule is CCNC(=O)c1ccc(CN=C(NCC)NCc2ccc(C)cc2OCCOCC)cc1.I. The summed E-state index contributed by atoms with van der Waals surface area (Å²) in [5.74, 6) is 1.52. The van der Waals surface area contributed by atoms with Crippen LogP contribution in [0.15, 0.2) is 47.5 Å². The van der Waals surface area contributed by atoms with Gasteiger partial charge in [-0.25, -0.2) is 4.99 Å². The lowest BCUT2D eigenvalue weighted by Gasteiger charge is -2.15. The molecule has 0 saturated carbocycles. The van der Waals surface area contributed by atoms with Gasteiger partial charge in [-0.1, -0.05) is 24.3 Å². The molecule has 0 bridgehead atoms. The van der Waals surface area contributed by atoms with Crippen LogP contribution >= 0.6 is 24.0 Å². The third-order valence-electron chi connectivity index (χ3n) is 4.68. The smallest absolute Gasteiger partial charge is 0.251 e. The van der Waals surface area contributed by atoms with Crippen LogP contribution in [0, 0.1) is 6.92 Å². The number of guanidine groups is 1. The van der Waals surface area contributed by atoms with Gasteiger partial charge >= 0.3 is 0 Å². The monoisotopic (exact) mass is 568 g/mol. The number of hydrogen-bond donors (Lipinski definition) is 3. The van der Waals surface area contributed by atoms with Crippen molar-refractivity contribution in [1.29, 1.82) is 0 Å². The molecule has 7 nitrogen and oxygen atoms in total. The molecular formula is C25H37IN4O3. The number of nitrogens with zero attached hydrogens (tertiary/aromatic N) is 1. The van der Waals surface area contributed by atoms with Gasteiger partial charge in [0.25, 0.3) is 5.91 Å². The number of rotatable bonds is 12. The second-order valence-electron chi connectivity index (χ2n) is 7.26. The summed E-state index contributed by atoms with van der Waals surface area (Å²) >= 11 is 0. The van der Waals surface area contributed by atoms with E-state index in [0.29, 0.717) is 45.0 Å². The fourth-order valence-electron chi connectivity index (χ4n) is 3.01. The Morgan fingerprint density at radius 3 is 2.33 bits per heavy atom. The lowest BCUT2D eigenvalue weighted by atomic mass is 10.1. The van der Waals surface area contributed by atoms with Gasteiger partial charge in [0.05, 0.1) is 13.2 Å². The van der Waals surface area contributed by atoms with Crippen LogP contribution in [-0.4, -0.2) is 44.8 Å². The van der Waals surface area contributed by atoms with E-state index in [0.717, 1.165) is 34.9 Å². The Bertz CT molecular complexity index is 872. The summed E-state index contributed by atoms with van der Waals surface area (Å²) in [5, 5.41) is 9.46. The average Bonchev–Trinajstić information content (AvgIpc) is 2.80. The van der Waals surface area contributed by atoms with Gasteiger partial charge in [0.15, 0.2) is 5.96 Å². The van der Waals surface area contributed by atoms with E-state index < -0.39 is 0 Å². The number of hydrogen-bond acceptors (Lipinski definition) is 4. The maximum absolute atomic E-state index is 11.9. The van der Waals surface area contributed by atoms with Crippen molar-refractivity contribution in [2.45, 2.75) is 40.8 Å². The van der Waals surface area contributed by atoms with Gasteiger partial charge < -0.3 is 25.4 Å². The van der Waals surface area contributed by atoms with E-state index in [1.807, 2.05) is 51.1 Å². The summed E-state index contributed by atoms with van der Waals surface area (Å²) in [6, 6.07) is 13.7. The van der Waals surface area contributed by atoms with E-state index in [-0.39, 0.29) is 29.9 Å². The van der Waals surface area contributed by atoms with Crippen LogP contribution in [0.4, 0.5) is 0 Å². The Hall–Kier alpha value is -2.33. The van der Waals surface area contributed by atoms with Crippen LogP contribution in [0.2, 0.25) is 0 Å². The highest BCUT2D eigenvalue weighted by molar-refractivity contribution is 14.0. The number of aliphatic imine (C=N–C) groups is 1. The molecule has 8 heteroatoms. The number of halogens is 1. The molecule has 0 spiro atoms. The summed E-state index contributed by atoms with van der Waals surface area (Å²) < 4.78 is 11.3. The molecule has 0 atom stereocenters. The van der Waals surface area contributed by atoms with Crippen LogP contribution in [0.3, 0.4) is 0 Å². The first-order valence-electron chi connectivity index (χ1n) is 11.3. The normalized spacial score (nSPS) is 10.8. The number of carbonyl (C=O) groups is 1. The van der Waals surface area contributed by atoms with Crippen molar-refractivity contribution in [3.63, 3.8) is 0 Å². The molecule has 0 aliphatic heterocycles. The molecule has 2 aromatic carbocycles. The number of nitrogens with one attached hydrogen (secondary N) is 3. The van der Waals surface area contributed by atoms with Crippen molar-refractivity contribution < 1.29 is 14.3 Å². The fourth-order valence-corrected chi connectivity index (χ4v) is 3.01. The third-order valence-corrected chi connectivity index (χ3v) is 4.68. The minimum Gasteiger partial charge on any atom is -0.491 e. The highest BCUT2D eigenvalue weighted by atomic mass is 127. The van der Waals surface area contributed by atoms with Crippen molar-refractivity contribution in [2.24, 2.45) is 4.99 Å². The zero-order valence-corrected chi connectivity index (χ0v) is 22.4. The van der Waals surface area contributed by atoms with Crippen LogP contribution in [0.5, 0.6) is 5.75 Å². The summed E-state index contributed by atoms with van der Waals surface area (Å²) in [7, 11) is 0. The Kier molecular flexibility index (Phi) is 14.2. The van der Waals surface area contributed by atoms with Crippen molar-refractivity contribution in [3.05, 3.63) is 64.7 Å². The number of ether oxygens (including phenoxy) is 2. The standard InChI is InChI=1S/C25H36N4O3.HI/c1-5-26-24(30)21-12-9-20(10-13-21)17-28-25(27-6-2)29-18-22-11-8-19(4)16-23(22)32-15-14-31-7-3;/h8-13,16H,5-7,14-15,17-18H2,1-4H3,(H,26,30)(H2,27,28,29);1H. The quantitative estimate of drug-likeness (QED) is 0.156. The molecule has 33 heavy (non-hydrogen) atoms. The van der Waals surface area contributed by atoms with Gasteiger partial charge in [0.1, 0.15) is 12.4 Å². The number of benzene rings is 2. The summed E-state index contributed by atoms with van der Waals surface area (Å²) in [6.07, 6.45) is 0. The second kappa shape index (κ2) is 16.3. The Morgan fingerprint density at radius 2 is 1.67 bits per heavy atom. The van der Waals surface area contributed by atoms with Crippen LogP contribution in [0.25, 0.3) is 0 Å². The Morgan fingerprint density at radius 1 is 0.939 bits per heavy atom. The number of carbonyl (C=O) groups excluding carboxylic acids is 1. The van der Waals surface area contributed by atoms with Crippen LogP contribution in [0.1, 0.15) is 47.8 Å². The average molecular weight is 569 g/mol. The van der Waals surface area contributed by atoms with Gasteiger partial charge in [0, 0.05) is 37.4 Å². The maximum Gasteiger partial charge on any atom is 0.251 e. The molecule has 2 aromatic rings. The Labute approximate surface area is 214 Å². The number of aryl methyl sites for hydroxylation is 1. The molecule has 3 N–H and O–H groups in total. The highest BCUT2D eigenvalue weighted by Crippen LogP contribution is 2.20. The molecule has 1 amide bonds. The van der Waals surface area contributed by atoms with E-state index >= 15 is 0 Å². The Balaban J connectivity index is 0.00000544. The van der Waals surface area contributed by atoms with Gasteiger partial charge in [-0.3, -0.25) is 4.79 Å². The molecule has 182 valence electrons. The lowest BCUT2D eigenvalue weighted by Crippen LogP contribution is -2.36. The lowest BCUT2D eigenvalue weighted by molar-refractivity contribution is 0.0956. The first kappa shape index (κ1) is 28.7. The van der Waals surface area contributed by atoms with Crippen molar-refractivity contribution in [2.75, 3.05) is 32.9 Å². The van der Waals surface area contributed by atoms with Crippen molar-refractivity contribution >= 4 is 35.8 Å². The molecule has 0 fully saturated rings. The van der Waals surface area contributed by atoms with E-state index in [9.17, 15) is 4.79 Å². The topological polar surface area (TPSA) is 84.0 Å². The number of amides is 1. The minimum absolute atomic E-state index is 0. The molecule has 0 saturated heterocycles. The molecule has 0 unspecified atom stereocenters.